The number of anilines is 1. The van der Waals surface area contributed by atoms with E-state index < -0.39 is 5.97 Å². The monoisotopic (exact) mass is 282 g/mol. The SMILES string of the molecule is CCC(CC)(CNc1ccnc(C(=O)OC)c1)SC. The predicted molar refractivity (Wildman–Crippen MR) is 80.9 cm³/mol. The van der Waals surface area contributed by atoms with Gasteiger partial charge in [-0.05, 0) is 31.2 Å². The van der Waals surface area contributed by atoms with Crippen LogP contribution in [-0.4, -0.2) is 35.6 Å². The number of thioether (sulfide) groups is 1. The molecule has 19 heavy (non-hydrogen) atoms. The number of rotatable bonds is 7. The van der Waals surface area contributed by atoms with Crippen LogP contribution in [-0.2, 0) is 4.74 Å². The van der Waals surface area contributed by atoms with Gasteiger partial charge < -0.3 is 10.1 Å². The number of hydrogen-bond acceptors (Lipinski definition) is 5. The lowest BCUT2D eigenvalue weighted by Gasteiger charge is -2.30. The van der Waals surface area contributed by atoms with Crippen molar-refractivity contribution in [2.75, 3.05) is 25.2 Å². The van der Waals surface area contributed by atoms with Crippen LogP contribution in [0, 0.1) is 0 Å². The van der Waals surface area contributed by atoms with E-state index in [0.717, 1.165) is 25.1 Å². The lowest BCUT2D eigenvalue weighted by molar-refractivity contribution is 0.0594. The number of methoxy groups -OCH3 is 1. The van der Waals surface area contributed by atoms with E-state index >= 15 is 0 Å². The summed E-state index contributed by atoms with van der Waals surface area (Å²) in [4.78, 5) is 15.4. The maximum Gasteiger partial charge on any atom is 0.356 e. The quantitative estimate of drug-likeness (QED) is 0.778. The molecule has 1 N–H and O–H groups in total. The average molecular weight is 282 g/mol. The number of hydrogen-bond donors (Lipinski definition) is 1. The van der Waals surface area contributed by atoms with Crippen molar-refractivity contribution in [1.82, 2.24) is 4.98 Å². The van der Waals surface area contributed by atoms with Crippen LogP contribution in [0.3, 0.4) is 0 Å². The zero-order valence-corrected chi connectivity index (χ0v) is 12.8. The first-order valence-corrected chi connectivity index (χ1v) is 7.66. The topological polar surface area (TPSA) is 51.2 Å². The minimum absolute atomic E-state index is 0.231. The highest BCUT2D eigenvalue weighted by Crippen LogP contribution is 2.30. The zero-order chi connectivity index (χ0) is 14.3. The van der Waals surface area contributed by atoms with Crippen LogP contribution in [0.5, 0.6) is 0 Å². The maximum absolute atomic E-state index is 11.4. The number of nitrogens with zero attached hydrogens (tertiary/aromatic N) is 1. The fraction of sp³-hybridized carbons (Fsp3) is 0.571. The molecular formula is C14H22N2O2S. The number of aromatic nitrogens is 1. The summed E-state index contributed by atoms with van der Waals surface area (Å²) in [5.41, 5.74) is 1.23. The first-order valence-electron chi connectivity index (χ1n) is 6.44. The molecule has 0 atom stereocenters. The van der Waals surface area contributed by atoms with Gasteiger partial charge in [0, 0.05) is 23.2 Å². The normalized spacial score (nSPS) is 11.2. The van der Waals surface area contributed by atoms with Gasteiger partial charge in [-0.1, -0.05) is 13.8 Å². The molecule has 0 saturated carbocycles. The van der Waals surface area contributed by atoms with E-state index in [1.165, 1.54) is 7.11 Å². The smallest absolute Gasteiger partial charge is 0.356 e. The minimum Gasteiger partial charge on any atom is -0.464 e. The van der Waals surface area contributed by atoms with Crippen molar-refractivity contribution in [2.45, 2.75) is 31.4 Å². The van der Waals surface area contributed by atoms with Gasteiger partial charge in [-0.3, -0.25) is 0 Å². The van der Waals surface area contributed by atoms with Crippen LogP contribution in [0.4, 0.5) is 5.69 Å². The van der Waals surface area contributed by atoms with Gasteiger partial charge in [-0.15, -0.1) is 0 Å². The highest BCUT2D eigenvalue weighted by atomic mass is 32.2. The molecule has 106 valence electrons. The third-order valence-corrected chi connectivity index (χ3v) is 5.08. The first kappa shape index (κ1) is 15.8. The van der Waals surface area contributed by atoms with Gasteiger partial charge in [0.25, 0.3) is 0 Å². The molecule has 0 aliphatic heterocycles. The number of carbonyl (C=O) groups is 1. The number of esters is 1. The van der Waals surface area contributed by atoms with Gasteiger partial charge in [-0.25, -0.2) is 9.78 Å². The zero-order valence-electron chi connectivity index (χ0n) is 12.0. The average Bonchev–Trinajstić information content (AvgIpc) is 2.48. The number of carbonyl (C=O) groups excluding carboxylic acids is 1. The fourth-order valence-corrected chi connectivity index (χ4v) is 2.67. The molecular weight excluding hydrogens is 260 g/mol. The second kappa shape index (κ2) is 7.38. The van der Waals surface area contributed by atoms with Crippen molar-refractivity contribution in [1.29, 1.82) is 0 Å². The Bertz CT molecular complexity index is 411. The standard InChI is InChI=1S/C14H22N2O2S/c1-5-14(6-2,19-4)10-16-11-7-8-15-12(9-11)13(17)18-3/h7-9H,5-6,10H2,1-4H3,(H,15,16). The summed E-state index contributed by atoms with van der Waals surface area (Å²) in [6.07, 6.45) is 5.97. The molecule has 0 saturated heterocycles. The van der Waals surface area contributed by atoms with Crippen LogP contribution in [0.25, 0.3) is 0 Å². The summed E-state index contributed by atoms with van der Waals surface area (Å²) in [6, 6.07) is 3.59. The Labute approximate surface area is 119 Å². The van der Waals surface area contributed by atoms with Crippen molar-refractivity contribution in [3.8, 4) is 0 Å². The Balaban J connectivity index is 2.75. The Morgan fingerprint density at radius 1 is 1.47 bits per heavy atom. The highest BCUT2D eigenvalue weighted by molar-refractivity contribution is 8.00. The van der Waals surface area contributed by atoms with Crippen molar-refractivity contribution in [3.05, 3.63) is 24.0 Å². The van der Waals surface area contributed by atoms with E-state index in [-0.39, 0.29) is 4.75 Å². The molecule has 0 aliphatic rings. The Morgan fingerprint density at radius 3 is 2.68 bits per heavy atom. The van der Waals surface area contributed by atoms with Gasteiger partial charge >= 0.3 is 5.97 Å². The van der Waals surface area contributed by atoms with Crippen LogP contribution >= 0.6 is 11.8 Å². The van der Waals surface area contributed by atoms with E-state index in [4.69, 9.17) is 0 Å². The van der Waals surface area contributed by atoms with Gasteiger partial charge in [0.05, 0.1) is 7.11 Å². The van der Waals surface area contributed by atoms with Crippen molar-refractivity contribution in [2.24, 2.45) is 0 Å². The van der Waals surface area contributed by atoms with E-state index in [1.807, 2.05) is 17.8 Å². The van der Waals surface area contributed by atoms with E-state index in [9.17, 15) is 4.79 Å². The maximum atomic E-state index is 11.4. The largest absolute Gasteiger partial charge is 0.464 e. The van der Waals surface area contributed by atoms with Crippen LogP contribution in [0.2, 0.25) is 0 Å². The summed E-state index contributed by atoms with van der Waals surface area (Å²) in [7, 11) is 1.36. The summed E-state index contributed by atoms with van der Waals surface area (Å²) >= 11 is 1.88. The molecule has 4 nitrogen and oxygen atoms in total. The van der Waals surface area contributed by atoms with Crippen molar-refractivity contribution >= 4 is 23.4 Å². The lowest BCUT2D eigenvalue weighted by atomic mass is 10.0. The Morgan fingerprint density at radius 2 is 2.16 bits per heavy atom. The van der Waals surface area contributed by atoms with Crippen LogP contribution in [0.15, 0.2) is 18.3 Å². The Hall–Kier alpha value is -1.23. The van der Waals surface area contributed by atoms with Crippen LogP contribution < -0.4 is 5.32 Å². The third-order valence-electron chi connectivity index (χ3n) is 3.49. The molecule has 0 fully saturated rings. The second-order valence-corrected chi connectivity index (χ2v) is 5.64. The molecule has 0 radical (unpaired) electrons. The van der Waals surface area contributed by atoms with Gasteiger partial charge in [0.1, 0.15) is 5.69 Å². The number of nitrogens with one attached hydrogen (secondary N) is 1. The van der Waals surface area contributed by atoms with E-state index in [0.29, 0.717) is 5.69 Å². The summed E-state index contributed by atoms with van der Waals surface area (Å²) in [6.45, 7) is 5.27. The summed E-state index contributed by atoms with van der Waals surface area (Å²) < 4.78 is 4.90. The molecule has 5 heteroatoms. The molecule has 0 aromatic carbocycles. The first-order chi connectivity index (χ1) is 9.10. The molecule has 0 amide bonds. The molecule has 1 aromatic rings. The number of pyridine rings is 1. The fourth-order valence-electron chi connectivity index (χ4n) is 1.88. The van der Waals surface area contributed by atoms with Crippen molar-refractivity contribution < 1.29 is 9.53 Å². The van der Waals surface area contributed by atoms with Crippen LogP contribution in [0.1, 0.15) is 37.2 Å². The highest BCUT2D eigenvalue weighted by Gasteiger charge is 2.24. The summed E-state index contributed by atoms with van der Waals surface area (Å²) in [5, 5.41) is 3.39. The molecule has 1 rings (SSSR count). The molecule has 0 aliphatic carbocycles. The second-order valence-electron chi connectivity index (χ2n) is 4.37. The number of ether oxygens (including phenoxy) is 1. The van der Waals surface area contributed by atoms with E-state index in [2.05, 4.69) is 35.1 Å². The third kappa shape index (κ3) is 4.13. The molecule has 1 aromatic heterocycles. The van der Waals surface area contributed by atoms with Gasteiger partial charge in [0.15, 0.2) is 0 Å². The minimum atomic E-state index is -0.411. The molecule has 1 heterocycles. The molecule has 0 spiro atoms. The van der Waals surface area contributed by atoms with Gasteiger partial charge in [0.2, 0.25) is 0 Å². The Kier molecular flexibility index (Phi) is 6.15. The predicted octanol–water partition coefficient (Wildman–Crippen LogP) is 3.20. The molecule has 0 bridgehead atoms. The van der Waals surface area contributed by atoms with Gasteiger partial charge in [-0.2, -0.15) is 11.8 Å². The van der Waals surface area contributed by atoms with E-state index in [1.54, 1.807) is 12.3 Å². The van der Waals surface area contributed by atoms with Crippen molar-refractivity contribution in [3.63, 3.8) is 0 Å². The summed E-state index contributed by atoms with van der Waals surface area (Å²) in [5.74, 6) is -0.411. The lowest BCUT2D eigenvalue weighted by Crippen LogP contribution is -2.32. The molecule has 0 unspecified atom stereocenters.